The number of hydrogen-bond acceptors (Lipinski definition) is 4. The van der Waals surface area contributed by atoms with Crippen LogP contribution in [0.25, 0.3) is 0 Å². The maximum atomic E-state index is 6.22. The third kappa shape index (κ3) is 5.20. The lowest BCUT2D eigenvalue weighted by Gasteiger charge is -2.34. The van der Waals surface area contributed by atoms with Crippen molar-refractivity contribution in [1.82, 2.24) is 4.90 Å². The van der Waals surface area contributed by atoms with E-state index < -0.39 is 8.56 Å². The summed E-state index contributed by atoms with van der Waals surface area (Å²) in [6, 6.07) is 1.01. The normalized spacial score (nSPS) is 29.9. The number of nitrogens with zero attached hydrogens (tertiary/aromatic N) is 1. The van der Waals surface area contributed by atoms with E-state index in [0.29, 0.717) is 6.61 Å². The molecular formula is C13H27NO3Si. The molecule has 0 aliphatic carbocycles. The Morgan fingerprint density at radius 2 is 2.33 bits per heavy atom. The zero-order valence-corrected chi connectivity index (χ0v) is 13.0. The molecular weight excluding hydrogens is 246 g/mol. The topological polar surface area (TPSA) is 30.9 Å². The molecule has 0 aromatic rings. The van der Waals surface area contributed by atoms with Gasteiger partial charge in [-0.25, -0.2) is 0 Å². The van der Waals surface area contributed by atoms with Gasteiger partial charge in [-0.05, 0) is 25.6 Å². The summed E-state index contributed by atoms with van der Waals surface area (Å²) in [6.07, 6.45) is 3.08. The molecule has 1 aliphatic heterocycles. The van der Waals surface area contributed by atoms with Crippen molar-refractivity contribution >= 4 is 8.56 Å². The average Bonchev–Trinajstić information content (AvgIpc) is 2.35. The highest BCUT2D eigenvalue weighted by molar-refractivity contribution is 6.66. The Balaban J connectivity index is 2.57. The van der Waals surface area contributed by atoms with Gasteiger partial charge in [0.1, 0.15) is 0 Å². The zero-order valence-electron chi connectivity index (χ0n) is 12.0. The summed E-state index contributed by atoms with van der Waals surface area (Å²) in [6.45, 7) is 12.3. The van der Waals surface area contributed by atoms with Crippen molar-refractivity contribution in [3.63, 3.8) is 0 Å². The lowest BCUT2D eigenvalue weighted by Crippen LogP contribution is -2.48. The summed E-state index contributed by atoms with van der Waals surface area (Å²) >= 11 is 0. The van der Waals surface area contributed by atoms with Crippen molar-refractivity contribution in [2.75, 3.05) is 40.0 Å². The lowest BCUT2D eigenvalue weighted by molar-refractivity contribution is 0.00294. The first kappa shape index (κ1) is 15.9. The second-order valence-electron chi connectivity index (χ2n) is 4.90. The maximum Gasteiger partial charge on any atom is 0.335 e. The summed E-state index contributed by atoms with van der Waals surface area (Å²) in [7, 11) is -0.220. The van der Waals surface area contributed by atoms with E-state index in [2.05, 4.69) is 24.9 Å². The summed E-state index contributed by atoms with van der Waals surface area (Å²) < 4.78 is 17.5. The van der Waals surface area contributed by atoms with Gasteiger partial charge in [-0.2, -0.15) is 0 Å². The van der Waals surface area contributed by atoms with Gasteiger partial charge in [-0.15, -0.1) is 6.58 Å². The Hall–Kier alpha value is -0.203. The van der Waals surface area contributed by atoms with Crippen molar-refractivity contribution in [3.05, 3.63) is 12.7 Å². The van der Waals surface area contributed by atoms with Crippen LogP contribution >= 0.6 is 0 Å². The predicted molar refractivity (Wildman–Crippen MR) is 76.1 cm³/mol. The van der Waals surface area contributed by atoms with Gasteiger partial charge in [-0.1, -0.05) is 13.0 Å². The van der Waals surface area contributed by atoms with Crippen LogP contribution in [0.15, 0.2) is 12.7 Å². The molecule has 18 heavy (non-hydrogen) atoms. The van der Waals surface area contributed by atoms with E-state index in [1.54, 1.807) is 7.11 Å². The van der Waals surface area contributed by atoms with Gasteiger partial charge in [0.15, 0.2) is 0 Å². The first-order valence-electron chi connectivity index (χ1n) is 6.77. The van der Waals surface area contributed by atoms with E-state index in [1.165, 1.54) is 0 Å². The highest BCUT2D eigenvalue weighted by Crippen LogP contribution is 2.20. The van der Waals surface area contributed by atoms with Gasteiger partial charge in [0.25, 0.3) is 0 Å². The molecule has 0 N–H and O–H groups in total. The van der Waals surface area contributed by atoms with Crippen LogP contribution < -0.4 is 0 Å². The summed E-state index contributed by atoms with van der Waals surface area (Å²) in [4.78, 5) is 2.31. The van der Waals surface area contributed by atoms with Crippen LogP contribution in [0.5, 0.6) is 0 Å². The molecule has 0 amide bonds. The van der Waals surface area contributed by atoms with Crippen LogP contribution in [0, 0.1) is 0 Å². The molecule has 1 fully saturated rings. The van der Waals surface area contributed by atoms with Crippen LogP contribution in [-0.2, 0) is 13.6 Å². The highest BCUT2D eigenvalue weighted by Gasteiger charge is 2.34. The molecule has 2 unspecified atom stereocenters. The first-order valence-corrected chi connectivity index (χ1v) is 9.30. The molecule has 5 heteroatoms. The quantitative estimate of drug-likeness (QED) is 0.547. The predicted octanol–water partition coefficient (Wildman–Crippen LogP) is 2.02. The SMILES string of the molecule is C=CCN(CC)CC1COCCC[Si](C)(OC)O1. The molecule has 0 aromatic carbocycles. The van der Waals surface area contributed by atoms with Crippen LogP contribution in [0.2, 0.25) is 12.6 Å². The largest absolute Gasteiger partial charge is 0.398 e. The minimum Gasteiger partial charge on any atom is -0.398 e. The minimum atomic E-state index is -1.99. The lowest BCUT2D eigenvalue weighted by atomic mass is 10.3. The van der Waals surface area contributed by atoms with E-state index in [9.17, 15) is 0 Å². The van der Waals surface area contributed by atoms with Gasteiger partial charge >= 0.3 is 8.56 Å². The standard InChI is InChI=1S/C13H27NO3Si/c1-5-8-14(6-2)11-13-12-16-9-7-10-18(4,15-3)17-13/h5,13H,1,6-12H2,2-4H3. The smallest absolute Gasteiger partial charge is 0.335 e. The molecule has 4 nitrogen and oxygen atoms in total. The Labute approximate surface area is 112 Å². The molecule has 106 valence electrons. The van der Waals surface area contributed by atoms with Crippen LogP contribution in [0.4, 0.5) is 0 Å². The van der Waals surface area contributed by atoms with Crippen molar-refractivity contribution in [3.8, 4) is 0 Å². The second-order valence-corrected chi connectivity index (χ2v) is 8.31. The third-order valence-electron chi connectivity index (χ3n) is 3.37. The van der Waals surface area contributed by atoms with E-state index in [4.69, 9.17) is 13.6 Å². The average molecular weight is 273 g/mol. The molecule has 1 heterocycles. The van der Waals surface area contributed by atoms with E-state index in [0.717, 1.165) is 38.7 Å². The van der Waals surface area contributed by atoms with E-state index in [-0.39, 0.29) is 6.10 Å². The van der Waals surface area contributed by atoms with Crippen LogP contribution in [-0.4, -0.2) is 59.5 Å². The summed E-state index contributed by atoms with van der Waals surface area (Å²) in [5.74, 6) is 0. The molecule has 1 aliphatic rings. The van der Waals surface area contributed by atoms with Gasteiger partial charge < -0.3 is 13.6 Å². The van der Waals surface area contributed by atoms with Crippen LogP contribution in [0.1, 0.15) is 13.3 Å². The molecule has 0 bridgehead atoms. The van der Waals surface area contributed by atoms with Gasteiger partial charge in [0.2, 0.25) is 0 Å². The minimum absolute atomic E-state index is 0.113. The summed E-state index contributed by atoms with van der Waals surface area (Å²) in [5.41, 5.74) is 0. The Bertz CT molecular complexity index is 252. The second kappa shape index (κ2) is 8.07. The Morgan fingerprint density at radius 3 is 2.94 bits per heavy atom. The molecule has 0 spiro atoms. The van der Waals surface area contributed by atoms with Crippen molar-refractivity contribution in [1.29, 1.82) is 0 Å². The number of rotatable bonds is 6. The number of hydrogen-bond donors (Lipinski definition) is 0. The van der Waals surface area contributed by atoms with Gasteiger partial charge in [0, 0.05) is 26.8 Å². The van der Waals surface area contributed by atoms with E-state index in [1.807, 2.05) is 6.08 Å². The summed E-state index contributed by atoms with van der Waals surface area (Å²) in [5, 5.41) is 0. The van der Waals surface area contributed by atoms with Gasteiger partial charge in [0.05, 0.1) is 12.7 Å². The fraction of sp³-hybridized carbons (Fsp3) is 0.846. The fourth-order valence-electron chi connectivity index (χ4n) is 2.20. The first-order chi connectivity index (χ1) is 8.63. The highest BCUT2D eigenvalue weighted by atomic mass is 28.4. The molecule has 0 saturated carbocycles. The number of ether oxygens (including phenoxy) is 1. The van der Waals surface area contributed by atoms with Gasteiger partial charge in [-0.3, -0.25) is 4.90 Å². The third-order valence-corrected chi connectivity index (χ3v) is 6.32. The molecule has 2 atom stereocenters. The molecule has 0 radical (unpaired) electrons. The zero-order chi connectivity index (χ0) is 13.4. The van der Waals surface area contributed by atoms with Crippen molar-refractivity contribution in [2.45, 2.75) is 32.0 Å². The molecule has 1 saturated heterocycles. The number of likely N-dealkylation sites (N-methyl/N-ethyl adjacent to an activating group) is 1. The van der Waals surface area contributed by atoms with Crippen molar-refractivity contribution in [2.24, 2.45) is 0 Å². The molecule has 1 rings (SSSR count). The van der Waals surface area contributed by atoms with Crippen LogP contribution in [0.3, 0.4) is 0 Å². The Kier molecular flexibility index (Phi) is 7.10. The van der Waals surface area contributed by atoms with E-state index >= 15 is 0 Å². The maximum absolute atomic E-state index is 6.22. The monoisotopic (exact) mass is 273 g/mol. The fourth-order valence-corrected chi connectivity index (χ4v) is 4.25. The van der Waals surface area contributed by atoms with Crippen molar-refractivity contribution < 1.29 is 13.6 Å². The molecule has 0 aromatic heterocycles. The Morgan fingerprint density at radius 1 is 1.56 bits per heavy atom.